The Kier molecular flexibility index (Phi) is 5.91. The quantitative estimate of drug-likeness (QED) is 0.628. The van der Waals surface area contributed by atoms with E-state index in [9.17, 15) is 9.59 Å². The molecule has 2 amide bonds. The Bertz CT molecular complexity index is 503. The Hall–Kier alpha value is -1.92. The summed E-state index contributed by atoms with van der Waals surface area (Å²) in [6, 6.07) is 8.42. The molecular weight excluding hydrogens is 282 g/mol. The number of hydrogen-bond acceptors (Lipinski definition) is 4. The van der Waals surface area contributed by atoms with Crippen LogP contribution in [0, 0.1) is 0 Å². The van der Waals surface area contributed by atoms with Gasteiger partial charge in [-0.2, -0.15) is 0 Å². The third-order valence-corrected chi connectivity index (χ3v) is 3.52. The molecule has 2 rings (SSSR count). The first-order chi connectivity index (χ1) is 10.6. The molecule has 1 saturated carbocycles. The van der Waals surface area contributed by atoms with Crippen LogP contribution in [0.4, 0.5) is 0 Å². The Balaban J connectivity index is 2.00. The summed E-state index contributed by atoms with van der Waals surface area (Å²) in [5.74, 6) is -0.543. The van der Waals surface area contributed by atoms with Gasteiger partial charge in [0.2, 0.25) is 11.8 Å². The summed E-state index contributed by atoms with van der Waals surface area (Å²) in [7, 11) is 1.48. The van der Waals surface area contributed by atoms with Crippen molar-refractivity contribution in [3.63, 3.8) is 0 Å². The van der Waals surface area contributed by atoms with Gasteiger partial charge in [-0.15, -0.1) is 0 Å². The van der Waals surface area contributed by atoms with E-state index in [1.165, 1.54) is 7.11 Å². The van der Waals surface area contributed by atoms with Crippen LogP contribution in [-0.2, 0) is 20.7 Å². The Morgan fingerprint density at radius 3 is 2.55 bits per heavy atom. The van der Waals surface area contributed by atoms with E-state index in [4.69, 9.17) is 10.5 Å². The number of nitrogens with two attached hydrogens (primary N) is 1. The highest BCUT2D eigenvalue weighted by Gasteiger charge is 2.29. The van der Waals surface area contributed by atoms with Crippen molar-refractivity contribution in [2.45, 2.75) is 37.4 Å². The molecule has 2 unspecified atom stereocenters. The Labute approximate surface area is 130 Å². The minimum atomic E-state index is -0.781. The summed E-state index contributed by atoms with van der Waals surface area (Å²) in [5.41, 5.74) is 6.70. The third-order valence-electron chi connectivity index (χ3n) is 3.52. The summed E-state index contributed by atoms with van der Waals surface area (Å²) in [6.45, 7) is 0.119. The maximum absolute atomic E-state index is 12.3. The Morgan fingerprint density at radius 2 is 1.95 bits per heavy atom. The molecule has 120 valence electrons. The van der Waals surface area contributed by atoms with E-state index in [0.29, 0.717) is 6.42 Å². The van der Waals surface area contributed by atoms with Crippen LogP contribution in [0.2, 0.25) is 0 Å². The van der Waals surface area contributed by atoms with Crippen molar-refractivity contribution in [1.29, 1.82) is 0 Å². The van der Waals surface area contributed by atoms with Crippen LogP contribution in [0.25, 0.3) is 0 Å². The molecule has 4 N–H and O–H groups in total. The molecule has 0 spiro atoms. The minimum Gasteiger partial charge on any atom is -0.383 e. The van der Waals surface area contributed by atoms with Gasteiger partial charge in [0.15, 0.2) is 0 Å². The minimum absolute atomic E-state index is 0.119. The van der Waals surface area contributed by atoms with Crippen molar-refractivity contribution in [2.75, 3.05) is 13.7 Å². The molecule has 2 atom stereocenters. The van der Waals surface area contributed by atoms with Gasteiger partial charge in [-0.05, 0) is 18.4 Å². The third kappa shape index (κ3) is 5.13. The van der Waals surface area contributed by atoms with E-state index in [1.54, 1.807) is 0 Å². The van der Waals surface area contributed by atoms with E-state index in [-0.39, 0.29) is 24.5 Å². The monoisotopic (exact) mass is 305 g/mol. The van der Waals surface area contributed by atoms with Crippen LogP contribution < -0.4 is 16.4 Å². The molecule has 1 aromatic carbocycles. The smallest absolute Gasteiger partial charge is 0.243 e. The molecule has 0 heterocycles. The SMILES string of the molecule is COCC(N)C(=O)NC(Cc1ccccc1)C(=O)NC1CC1. The lowest BCUT2D eigenvalue weighted by atomic mass is 10.0. The van der Waals surface area contributed by atoms with Crippen molar-refractivity contribution in [2.24, 2.45) is 5.73 Å². The number of rotatable bonds is 8. The average molecular weight is 305 g/mol. The molecule has 1 aromatic rings. The Morgan fingerprint density at radius 1 is 1.27 bits per heavy atom. The zero-order chi connectivity index (χ0) is 15.9. The molecule has 6 heteroatoms. The maximum atomic E-state index is 12.3. The van der Waals surface area contributed by atoms with Crippen LogP contribution in [0.1, 0.15) is 18.4 Å². The van der Waals surface area contributed by atoms with Crippen LogP contribution in [0.5, 0.6) is 0 Å². The van der Waals surface area contributed by atoms with Gasteiger partial charge >= 0.3 is 0 Å². The van der Waals surface area contributed by atoms with Crippen LogP contribution >= 0.6 is 0 Å². The predicted octanol–water partition coefficient (Wildman–Crippen LogP) is -0.0338. The highest BCUT2D eigenvalue weighted by Crippen LogP contribution is 2.19. The maximum Gasteiger partial charge on any atom is 0.243 e. The number of amides is 2. The van der Waals surface area contributed by atoms with Crippen molar-refractivity contribution in [3.8, 4) is 0 Å². The fourth-order valence-electron chi connectivity index (χ4n) is 2.12. The number of hydrogen-bond donors (Lipinski definition) is 3. The van der Waals surface area contributed by atoms with Gasteiger partial charge in [0, 0.05) is 19.6 Å². The van der Waals surface area contributed by atoms with Crippen LogP contribution in [0.15, 0.2) is 30.3 Å². The number of methoxy groups -OCH3 is 1. The molecule has 0 saturated heterocycles. The van der Waals surface area contributed by atoms with Gasteiger partial charge in [0.05, 0.1) is 6.61 Å². The van der Waals surface area contributed by atoms with Crippen molar-refractivity contribution in [3.05, 3.63) is 35.9 Å². The molecule has 1 aliphatic rings. The summed E-state index contributed by atoms with van der Waals surface area (Å²) in [5, 5.41) is 5.65. The van der Waals surface area contributed by atoms with E-state index >= 15 is 0 Å². The topological polar surface area (TPSA) is 93.4 Å². The van der Waals surface area contributed by atoms with Gasteiger partial charge in [-0.25, -0.2) is 0 Å². The van der Waals surface area contributed by atoms with E-state index in [2.05, 4.69) is 10.6 Å². The second kappa shape index (κ2) is 7.91. The summed E-state index contributed by atoms with van der Waals surface area (Å²) in [6.07, 6.45) is 2.44. The zero-order valence-electron chi connectivity index (χ0n) is 12.7. The summed E-state index contributed by atoms with van der Waals surface area (Å²) >= 11 is 0. The van der Waals surface area contributed by atoms with E-state index < -0.39 is 12.1 Å². The van der Waals surface area contributed by atoms with Crippen LogP contribution in [0.3, 0.4) is 0 Å². The second-order valence-electron chi connectivity index (χ2n) is 5.60. The summed E-state index contributed by atoms with van der Waals surface area (Å²) < 4.78 is 4.87. The number of benzene rings is 1. The summed E-state index contributed by atoms with van der Waals surface area (Å²) in [4.78, 5) is 24.4. The number of ether oxygens (including phenoxy) is 1. The molecule has 22 heavy (non-hydrogen) atoms. The largest absolute Gasteiger partial charge is 0.383 e. The lowest BCUT2D eigenvalue weighted by Crippen LogP contribution is -2.53. The molecular formula is C16H23N3O3. The fraction of sp³-hybridized carbons (Fsp3) is 0.500. The molecule has 1 aliphatic carbocycles. The molecule has 1 fully saturated rings. The highest BCUT2D eigenvalue weighted by molar-refractivity contribution is 5.90. The normalized spacial score (nSPS) is 16.6. The van der Waals surface area contributed by atoms with E-state index in [0.717, 1.165) is 18.4 Å². The second-order valence-corrected chi connectivity index (χ2v) is 5.60. The molecule has 0 aromatic heterocycles. The van der Waals surface area contributed by atoms with Gasteiger partial charge in [-0.3, -0.25) is 9.59 Å². The standard InChI is InChI=1S/C16H23N3O3/c1-22-10-13(17)15(20)19-14(16(21)18-12-7-8-12)9-11-5-3-2-4-6-11/h2-6,12-14H,7-10,17H2,1H3,(H,18,21)(H,19,20). The molecule has 0 bridgehead atoms. The van der Waals surface area contributed by atoms with Crippen LogP contribution in [-0.4, -0.2) is 43.7 Å². The zero-order valence-corrected chi connectivity index (χ0v) is 12.7. The lowest BCUT2D eigenvalue weighted by Gasteiger charge is -2.20. The van der Waals surface area contributed by atoms with Crippen molar-refractivity contribution < 1.29 is 14.3 Å². The highest BCUT2D eigenvalue weighted by atomic mass is 16.5. The van der Waals surface area contributed by atoms with Gasteiger partial charge < -0.3 is 21.1 Å². The van der Waals surface area contributed by atoms with Crippen molar-refractivity contribution in [1.82, 2.24) is 10.6 Å². The number of nitrogens with one attached hydrogen (secondary N) is 2. The molecule has 0 aliphatic heterocycles. The van der Waals surface area contributed by atoms with Gasteiger partial charge in [-0.1, -0.05) is 30.3 Å². The average Bonchev–Trinajstić information content (AvgIpc) is 3.31. The lowest BCUT2D eigenvalue weighted by molar-refractivity contribution is -0.130. The fourth-order valence-corrected chi connectivity index (χ4v) is 2.12. The van der Waals surface area contributed by atoms with Gasteiger partial charge in [0.25, 0.3) is 0 Å². The first-order valence-corrected chi connectivity index (χ1v) is 7.49. The van der Waals surface area contributed by atoms with E-state index in [1.807, 2.05) is 30.3 Å². The van der Waals surface area contributed by atoms with Gasteiger partial charge in [0.1, 0.15) is 12.1 Å². The predicted molar refractivity (Wildman–Crippen MR) is 83.1 cm³/mol. The van der Waals surface area contributed by atoms with Crippen molar-refractivity contribution >= 4 is 11.8 Å². The number of carbonyl (C=O) groups is 2. The number of carbonyl (C=O) groups excluding carboxylic acids is 2. The first kappa shape index (κ1) is 16.5. The first-order valence-electron chi connectivity index (χ1n) is 7.49. The molecule has 0 radical (unpaired) electrons. The molecule has 6 nitrogen and oxygen atoms in total.